The summed E-state index contributed by atoms with van der Waals surface area (Å²) in [6.07, 6.45) is 1.06. The van der Waals surface area contributed by atoms with Crippen LogP contribution >= 0.6 is 23.8 Å². The lowest BCUT2D eigenvalue weighted by Gasteiger charge is -2.10. The van der Waals surface area contributed by atoms with Crippen LogP contribution in [-0.2, 0) is 6.54 Å². The minimum absolute atomic E-state index is 0.662. The lowest BCUT2D eigenvalue weighted by Crippen LogP contribution is -2.35. The van der Waals surface area contributed by atoms with Gasteiger partial charge in [0.2, 0.25) is 0 Å². The van der Waals surface area contributed by atoms with Gasteiger partial charge in [-0.05, 0) is 30.3 Å². The highest BCUT2D eigenvalue weighted by Crippen LogP contribution is 2.13. The van der Waals surface area contributed by atoms with Gasteiger partial charge in [-0.1, -0.05) is 36.7 Å². The molecule has 0 heterocycles. The second-order valence-corrected chi connectivity index (χ2v) is 4.02. The Morgan fingerprint density at radius 1 is 1.33 bits per heavy atom. The molecule has 0 atom stereocenters. The molecule has 0 aromatic heterocycles. The standard InChI is InChI=1S/C11H15ClN2S/c1-2-7-13-11(15)14-8-9-5-3-4-6-10(9)12/h3-6H,2,7-8H2,1H3,(H2,13,14,15). The zero-order valence-corrected chi connectivity index (χ0v) is 10.3. The van der Waals surface area contributed by atoms with Gasteiger partial charge in [-0.3, -0.25) is 0 Å². The molecule has 0 spiro atoms. The number of rotatable bonds is 4. The van der Waals surface area contributed by atoms with E-state index in [0.717, 1.165) is 23.6 Å². The fraction of sp³-hybridized carbons (Fsp3) is 0.364. The Morgan fingerprint density at radius 2 is 2.07 bits per heavy atom. The Balaban J connectivity index is 2.37. The summed E-state index contributed by atoms with van der Waals surface area (Å²) in [5.41, 5.74) is 1.06. The van der Waals surface area contributed by atoms with Crippen LogP contribution in [0.2, 0.25) is 5.02 Å². The van der Waals surface area contributed by atoms with Gasteiger partial charge < -0.3 is 10.6 Å². The third-order valence-electron chi connectivity index (χ3n) is 1.93. The molecule has 0 aliphatic carbocycles. The number of halogens is 1. The molecule has 0 fully saturated rings. The maximum Gasteiger partial charge on any atom is 0.166 e. The Hall–Kier alpha value is -0.800. The van der Waals surface area contributed by atoms with Crippen molar-refractivity contribution in [3.8, 4) is 0 Å². The van der Waals surface area contributed by atoms with Crippen molar-refractivity contribution in [2.24, 2.45) is 0 Å². The molecule has 0 unspecified atom stereocenters. The van der Waals surface area contributed by atoms with Gasteiger partial charge in [-0.2, -0.15) is 0 Å². The molecule has 2 nitrogen and oxygen atoms in total. The molecular formula is C11H15ClN2S. The van der Waals surface area contributed by atoms with Crippen LogP contribution in [0.25, 0.3) is 0 Å². The lowest BCUT2D eigenvalue weighted by atomic mass is 10.2. The van der Waals surface area contributed by atoms with Crippen molar-refractivity contribution in [1.29, 1.82) is 0 Å². The van der Waals surface area contributed by atoms with E-state index in [2.05, 4.69) is 17.6 Å². The fourth-order valence-corrected chi connectivity index (χ4v) is 1.50. The summed E-state index contributed by atoms with van der Waals surface area (Å²) in [6, 6.07) is 7.74. The average molecular weight is 243 g/mol. The summed E-state index contributed by atoms with van der Waals surface area (Å²) in [6.45, 7) is 3.66. The van der Waals surface area contributed by atoms with Crippen LogP contribution in [0.3, 0.4) is 0 Å². The molecule has 0 bridgehead atoms. The zero-order valence-electron chi connectivity index (χ0n) is 8.72. The van der Waals surface area contributed by atoms with Crippen LogP contribution in [0.15, 0.2) is 24.3 Å². The van der Waals surface area contributed by atoms with Crippen molar-refractivity contribution in [1.82, 2.24) is 10.6 Å². The second-order valence-electron chi connectivity index (χ2n) is 3.20. The monoisotopic (exact) mass is 242 g/mol. The summed E-state index contributed by atoms with van der Waals surface area (Å²) in [4.78, 5) is 0. The molecule has 82 valence electrons. The molecule has 1 rings (SSSR count). The average Bonchev–Trinajstić information content (AvgIpc) is 2.25. The Morgan fingerprint density at radius 3 is 2.73 bits per heavy atom. The molecule has 0 radical (unpaired) electrons. The topological polar surface area (TPSA) is 24.1 Å². The third kappa shape index (κ3) is 4.49. The predicted octanol–water partition coefficient (Wildman–Crippen LogP) is 2.71. The molecular weight excluding hydrogens is 228 g/mol. The van der Waals surface area contributed by atoms with E-state index in [4.69, 9.17) is 23.8 Å². The minimum atomic E-state index is 0.662. The Bertz CT molecular complexity index is 328. The van der Waals surface area contributed by atoms with Gasteiger partial charge >= 0.3 is 0 Å². The minimum Gasteiger partial charge on any atom is -0.363 e. The molecule has 1 aromatic carbocycles. The largest absolute Gasteiger partial charge is 0.363 e. The first-order valence-electron chi connectivity index (χ1n) is 4.99. The smallest absolute Gasteiger partial charge is 0.166 e. The third-order valence-corrected chi connectivity index (χ3v) is 2.59. The van der Waals surface area contributed by atoms with Gasteiger partial charge in [0, 0.05) is 18.1 Å². The van der Waals surface area contributed by atoms with Gasteiger partial charge in [0.25, 0.3) is 0 Å². The van der Waals surface area contributed by atoms with Gasteiger partial charge in [0.05, 0.1) is 0 Å². The molecule has 0 saturated heterocycles. The molecule has 4 heteroatoms. The van der Waals surface area contributed by atoms with Crippen LogP contribution in [-0.4, -0.2) is 11.7 Å². The van der Waals surface area contributed by atoms with Crippen molar-refractivity contribution >= 4 is 28.9 Å². The van der Waals surface area contributed by atoms with E-state index in [-0.39, 0.29) is 0 Å². The summed E-state index contributed by atoms with van der Waals surface area (Å²) in [7, 11) is 0. The van der Waals surface area contributed by atoms with Crippen LogP contribution in [0.1, 0.15) is 18.9 Å². The van der Waals surface area contributed by atoms with Gasteiger partial charge in [0.15, 0.2) is 5.11 Å². The Kier molecular flexibility index (Phi) is 5.43. The number of hydrogen-bond donors (Lipinski definition) is 2. The number of hydrogen-bond acceptors (Lipinski definition) is 1. The van der Waals surface area contributed by atoms with Crippen LogP contribution < -0.4 is 10.6 Å². The number of thiocarbonyl (C=S) groups is 1. The molecule has 1 aromatic rings. The van der Waals surface area contributed by atoms with Gasteiger partial charge in [-0.25, -0.2) is 0 Å². The Labute approximate surface area is 101 Å². The number of nitrogens with one attached hydrogen (secondary N) is 2. The van der Waals surface area contributed by atoms with E-state index in [1.807, 2.05) is 24.3 Å². The van der Waals surface area contributed by atoms with Gasteiger partial charge in [-0.15, -0.1) is 0 Å². The van der Waals surface area contributed by atoms with E-state index in [0.29, 0.717) is 11.7 Å². The van der Waals surface area contributed by atoms with Crippen molar-refractivity contribution in [3.05, 3.63) is 34.9 Å². The molecule has 0 amide bonds. The molecule has 0 aliphatic heterocycles. The maximum atomic E-state index is 6.01. The SMILES string of the molecule is CCCNC(=S)NCc1ccccc1Cl. The van der Waals surface area contributed by atoms with Crippen molar-refractivity contribution in [3.63, 3.8) is 0 Å². The maximum absolute atomic E-state index is 6.01. The van der Waals surface area contributed by atoms with E-state index in [9.17, 15) is 0 Å². The van der Waals surface area contributed by atoms with E-state index in [1.54, 1.807) is 0 Å². The highest BCUT2D eigenvalue weighted by atomic mass is 35.5. The summed E-state index contributed by atoms with van der Waals surface area (Å²) in [5.74, 6) is 0. The normalized spacial score (nSPS) is 9.73. The first-order chi connectivity index (χ1) is 7.24. The molecule has 0 aliphatic rings. The first kappa shape index (κ1) is 12.3. The van der Waals surface area contributed by atoms with Crippen molar-refractivity contribution in [2.75, 3.05) is 6.54 Å². The van der Waals surface area contributed by atoms with Crippen molar-refractivity contribution < 1.29 is 0 Å². The fourth-order valence-electron chi connectivity index (χ4n) is 1.12. The molecule has 15 heavy (non-hydrogen) atoms. The summed E-state index contributed by atoms with van der Waals surface area (Å²) in [5, 5.41) is 7.65. The van der Waals surface area contributed by atoms with Crippen LogP contribution in [0, 0.1) is 0 Å². The quantitative estimate of drug-likeness (QED) is 0.794. The molecule has 0 saturated carbocycles. The predicted molar refractivity (Wildman–Crippen MR) is 69.2 cm³/mol. The molecule has 2 N–H and O–H groups in total. The summed E-state index contributed by atoms with van der Waals surface area (Å²) >= 11 is 11.1. The number of benzene rings is 1. The summed E-state index contributed by atoms with van der Waals surface area (Å²) < 4.78 is 0. The van der Waals surface area contributed by atoms with Crippen LogP contribution in [0.5, 0.6) is 0 Å². The van der Waals surface area contributed by atoms with E-state index < -0.39 is 0 Å². The van der Waals surface area contributed by atoms with E-state index >= 15 is 0 Å². The highest BCUT2D eigenvalue weighted by molar-refractivity contribution is 7.80. The van der Waals surface area contributed by atoms with E-state index in [1.165, 1.54) is 0 Å². The van der Waals surface area contributed by atoms with Gasteiger partial charge in [0.1, 0.15) is 0 Å². The van der Waals surface area contributed by atoms with Crippen LogP contribution in [0.4, 0.5) is 0 Å². The van der Waals surface area contributed by atoms with Crippen molar-refractivity contribution in [2.45, 2.75) is 19.9 Å². The first-order valence-corrected chi connectivity index (χ1v) is 5.77. The lowest BCUT2D eigenvalue weighted by molar-refractivity contribution is 0.799. The zero-order chi connectivity index (χ0) is 11.1. The second kappa shape index (κ2) is 6.64. The highest BCUT2D eigenvalue weighted by Gasteiger charge is 1.99.